The van der Waals surface area contributed by atoms with Gasteiger partial charge < -0.3 is 33.3 Å². The summed E-state index contributed by atoms with van der Waals surface area (Å²) in [5.41, 5.74) is 0. The fraction of sp³-hybridized carbons (Fsp3) is 0.643. The molecule has 0 amide bonds. The topological polar surface area (TPSA) is 111 Å². The predicted octanol–water partition coefficient (Wildman–Crippen LogP) is 17.7. The fourth-order valence-electron chi connectivity index (χ4n) is 8.16. The Morgan fingerprint density at radius 1 is 0.380 bits per heavy atom. The van der Waals surface area contributed by atoms with E-state index in [4.69, 9.17) is 18.9 Å². The van der Waals surface area contributed by atoms with Crippen molar-refractivity contribution in [2.45, 2.75) is 245 Å². The van der Waals surface area contributed by atoms with Gasteiger partial charge >= 0.3 is 11.9 Å². The minimum absolute atomic E-state index is 0.133. The SMILES string of the molecule is CC/C=C\C/C=C\C/C=C\C/C=C\C/C=C\C/C=C\CCCCCCCCCCCCCCCCCCCCC(=O)OC(COC(=O)CCC/C=C\C/C=C\C/C=C\C/C=C\C/C=C\CC)COC(OCC[N+](C)(C)C)C(=O)[O-]. The average molecular weight is 1100 g/mol. The van der Waals surface area contributed by atoms with E-state index in [0.717, 1.165) is 96.3 Å². The number of hydrogen-bond acceptors (Lipinski definition) is 8. The van der Waals surface area contributed by atoms with E-state index in [1.165, 1.54) is 96.3 Å². The zero-order valence-corrected chi connectivity index (χ0v) is 50.9. The summed E-state index contributed by atoms with van der Waals surface area (Å²) < 4.78 is 22.6. The van der Waals surface area contributed by atoms with E-state index in [9.17, 15) is 19.5 Å². The van der Waals surface area contributed by atoms with Gasteiger partial charge in [0.2, 0.25) is 0 Å². The van der Waals surface area contributed by atoms with Crippen LogP contribution in [0.25, 0.3) is 0 Å². The van der Waals surface area contributed by atoms with Crippen LogP contribution in [0.2, 0.25) is 0 Å². The number of carbonyl (C=O) groups is 3. The number of likely N-dealkylation sites (N-methyl/N-ethyl adjacent to an activating group) is 1. The Bertz CT molecular complexity index is 1750. The monoisotopic (exact) mass is 1100 g/mol. The molecule has 9 heteroatoms. The average Bonchev–Trinajstić information content (AvgIpc) is 3.42. The summed E-state index contributed by atoms with van der Waals surface area (Å²) in [6.07, 6.45) is 82.5. The van der Waals surface area contributed by atoms with Gasteiger partial charge in [0.15, 0.2) is 12.4 Å². The van der Waals surface area contributed by atoms with Crippen LogP contribution in [0.4, 0.5) is 0 Å². The molecule has 2 atom stereocenters. The molecule has 0 rings (SSSR count). The second-order valence-corrected chi connectivity index (χ2v) is 21.6. The zero-order valence-electron chi connectivity index (χ0n) is 50.9. The highest BCUT2D eigenvalue weighted by molar-refractivity contribution is 5.70. The largest absolute Gasteiger partial charge is 0.545 e. The standard InChI is InChI=1S/C70H115NO8/c1-6-8-10-12-14-16-18-20-22-24-25-26-27-28-29-30-31-32-33-34-35-36-37-38-39-40-41-42-43-45-47-49-51-53-55-57-59-61-68(73)79-66(65-78-70(69(74)75)76-63-62-71(3,4)5)64-77-67(72)60-58-56-54-52-50-48-46-44-23-21-19-17-15-13-11-9-7-2/h8-11,14-17,20-23,25-26,28-29,31-32,46,48,52,54,66,70H,6-7,12-13,18-19,24,27,30,33-45,47,49-51,53,55-65H2,1-5H3/b10-8-,11-9-,16-14-,17-15-,22-20-,23-21-,26-25-,29-28-,32-31-,48-46-,54-52-. The molecule has 0 aliphatic heterocycles. The summed E-state index contributed by atoms with van der Waals surface area (Å²) in [4.78, 5) is 37.3. The summed E-state index contributed by atoms with van der Waals surface area (Å²) in [5.74, 6) is -2.37. The van der Waals surface area contributed by atoms with Crippen molar-refractivity contribution in [2.75, 3.05) is 47.5 Å². The third kappa shape index (κ3) is 60.9. The second kappa shape index (κ2) is 59.5. The Hall–Kier alpha value is -4.57. The molecule has 0 aliphatic carbocycles. The molecular weight excluding hydrogens is 983 g/mol. The summed E-state index contributed by atoms with van der Waals surface area (Å²) in [7, 11) is 5.90. The van der Waals surface area contributed by atoms with Crippen LogP contribution in [0.1, 0.15) is 232 Å². The number of nitrogens with zero attached hydrogens (tertiary/aromatic N) is 1. The highest BCUT2D eigenvalue weighted by atomic mass is 16.7. The Morgan fingerprint density at radius 3 is 1.05 bits per heavy atom. The molecule has 9 nitrogen and oxygen atoms in total. The number of esters is 2. The van der Waals surface area contributed by atoms with Gasteiger partial charge in [-0.3, -0.25) is 9.59 Å². The van der Waals surface area contributed by atoms with Gasteiger partial charge in [0.25, 0.3) is 0 Å². The maximum atomic E-state index is 12.9. The van der Waals surface area contributed by atoms with Gasteiger partial charge in [-0.05, 0) is 103 Å². The lowest BCUT2D eigenvalue weighted by atomic mass is 10.0. The number of unbranched alkanes of at least 4 members (excludes halogenated alkanes) is 19. The molecule has 0 aromatic rings. The molecule has 2 unspecified atom stereocenters. The van der Waals surface area contributed by atoms with Gasteiger partial charge in [0.05, 0.1) is 40.3 Å². The van der Waals surface area contributed by atoms with Crippen LogP contribution in [0.15, 0.2) is 134 Å². The van der Waals surface area contributed by atoms with Gasteiger partial charge in [-0.15, -0.1) is 0 Å². The van der Waals surface area contributed by atoms with Crippen LogP contribution in [0, 0.1) is 0 Å². The van der Waals surface area contributed by atoms with Gasteiger partial charge in [-0.1, -0.05) is 250 Å². The number of rotatable bonds is 56. The third-order valence-corrected chi connectivity index (χ3v) is 12.9. The molecule has 0 aromatic carbocycles. The number of carboxylic acid groups (broad SMARTS) is 1. The lowest BCUT2D eigenvalue weighted by Crippen LogP contribution is -2.44. The Balaban J connectivity index is 4.13. The number of allylic oxidation sites excluding steroid dienone is 22. The van der Waals surface area contributed by atoms with Crippen LogP contribution < -0.4 is 5.11 Å². The Kier molecular flexibility index (Phi) is 56.1. The van der Waals surface area contributed by atoms with Crippen molar-refractivity contribution < 1.29 is 42.9 Å². The molecule has 0 spiro atoms. The van der Waals surface area contributed by atoms with Crippen LogP contribution in [-0.4, -0.2) is 82.3 Å². The highest BCUT2D eigenvalue weighted by Crippen LogP contribution is 2.16. The van der Waals surface area contributed by atoms with Crippen molar-refractivity contribution in [3.8, 4) is 0 Å². The molecular formula is C70H115NO8. The van der Waals surface area contributed by atoms with Gasteiger partial charge in [-0.25, -0.2) is 0 Å². The van der Waals surface area contributed by atoms with Crippen LogP contribution >= 0.6 is 0 Å². The first-order chi connectivity index (χ1) is 38.6. The zero-order chi connectivity index (χ0) is 57.6. The number of hydrogen-bond donors (Lipinski definition) is 0. The number of aliphatic carboxylic acids is 1. The molecule has 0 aliphatic rings. The molecule has 0 N–H and O–H groups in total. The molecule has 0 saturated carbocycles. The number of carbonyl (C=O) groups excluding carboxylic acids is 3. The van der Waals surface area contributed by atoms with Crippen molar-refractivity contribution in [1.82, 2.24) is 0 Å². The van der Waals surface area contributed by atoms with Gasteiger partial charge in [-0.2, -0.15) is 0 Å². The van der Waals surface area contributed by atoms with Crippen molar-refractivity contribution >= 4 is 17.9 Å². The first-order valence-electron chi connectivity index (χ1n) is 31.3. The molecule has 0 fully saturated rings. The second-order valence-electron chi connectivity index (χ2n) is 21.6. The quantitative estimate of drug-likeness (QED) is 0.0195. The fourth-order valence-corrected chi connectivity index (χ4v) is 8.16. The lowest BCUT2D eigenvalue weighted by molar-refractivity contribution is -0.870. The van der Waals surface area contributed by atoms with E-state index >= 15 is 0 Å². The van der Waals surface area contributed by atoms with E-state index in [1.807, 2.05) is 21.1 Å². The van der Waals surface area contributed by atoms with Crippen molar-refractivity contribution in [3.05, 3.63) is 134 Å². The van der Waals surface area contributed by atoms with Crippen LogP contribution in [-0.2, 0) is 33.3 Å². The minimum Gasteiger partial charge on any atom is -0.545 e. The van der Waals surface area contributed by atoms with Crippen LogP contribution in [0.5, 0.6) is 0 Å². The first-order valence-corrected chi connectivity index (χ1v) is 31.3. The number of quaternary nitrogens is 1. The van der Waals surface area contributed by atoms with Gasteiger partial charge in [0, 0.05) is 12.8 Å². The molecule has 448 valence electrons. The Labute approximate surface area is 484 Å². The molecule has 79 heavy (non-hydrogen) atoms. The van der Waals surface area contributed by atoms with Crippen LogP contribution in [0.3, 0.4) is 0 Å². The molecule has 0 saturated heterocycles. The van der Waals surface area contributed by atoms with E-state index in [2.05, 4.69) is 148 Å². The van der Waals surface area contributed by atoms with Gasteiger partial charge in [0.1, 0.15) is 13.2 Å². The summed E-state index contributed by atoms with van der Waals surface area (Å²) >= 11 is 0. The molecule has 0 bridgehead atoms. The molecule has 0 aromatic heterocycles. The van der Waals surface area contributed by atoms with E-state index in [0.29, 0.717) is 23.9 Å². The smallest absolute Gasteiger partial charge is 0.306 e. The predicted molar refractivity (Wildman–Crippen MR) is 333 cm³/mol. The summed E-state index contributed by atoms with van der Waals surface area (Å²) in [5, 5.41) is 11.8. The van der Waals surface area contributed by atoms with Crippen molar-refractivity contribution in [1.29, 1.82) is 0 Å². The molecule has 0 heterocycles. The van der Waals surface area contributed by atoms with Crippen molar-refractivity contribution in [3.63, 3.8) is 0 Å². The number of carboxylic acids is 1. The summed E-state index contributed by atoms with van der Waals surface area (Å²) in [6.45, 7) is 4.44. The summed E-state index contributed by atoms with van der Waals surface area (Å²) in [6, 6.07) is 0. The lowest BCUT2D eigenvalue weighted by Gasteiger charge is -2.26. The normalized spacial score (nSPS) is 13.7. The maximum absolute atomic E-state index is 12.9. The molecule has 0 radical (unpaired) electrons. The highest BCUT2D eigenvalue weighted by Gasteiger charge is 2.22. The third-order valence-electron chi connectivity index (χ3n) is 12.9. The van der Waals surface area contributed by atoms with E-state index in [-0.39, 0.29) is 32.7 Å². The Morgan fingerprint density at radius 2 is 0.696 bits per heavy atom. The number of ether oxygens (including phenoxy) is 4. The first kappa shape index (κ1) is 74.4. The van der Waals surface area contributed by atoms with Crippen molar-refractivity contribution in [2.24, 2.45) is 0 Å². The van der Waals surface area contributed by atoms with E-state index in [1.54, 1.807) is 0 Å². The maximum Gasteiger partial charge on any atom is 0.306 e. The van der Waals surface area contributed by atoms with E-state index < -0.39 is 30.3 Å². The minimum atomic E-state index is -1.64.